The molecule has 0 radical (unpaired) electrons. The number of nitrogens with zero attached hydrogens (tertiary/aromatic N) is 2. The van der Waals surface area contributed by atoms with E-state index in [9.17, 15) is 22.8 Å². The molecule has 1 N–H and O–H groups in total. The van der Waals surface area contributed by atoms with E-state index in [-0.39, 0.29) is 23.9 Å². The van der Waals surface area contributed by atoms with Crippen molar-refractivity contribution < 1.29 is 22.7 Å². The zero-order valence-electron chi connectivity index (χ0n) is 17.9. The first kappa shape index (κ1) is 25.1. The molecule has 11 heteroatoms. The standard InChI is InChI=1S/C22H21ClF3N3O3S/c1-12(11-32-3)29-20(31)15-6-4-5-7-18(15)28-21(29)33-13(2)19(30)27-14-8-9-17(23)16(10-14)22(24,25)26/h4-10,12-13H,11H2,1-3H3,(H,27,30)/t12-,13+/m0/s1. The predicted octanol–water partition coefficient (Wildman–Crippen LogP) is 5.40. The van der Waals surface area contributed by atoms with E-state index in [0.29, 0.717) is 16.1 Å². The quantitative estimate of drug-likeness (QED) is 0.348. The molecule has 0 unspecified atom stereocenters. The number of carbonyl (C=O) groups is 1. The van der Waals surface area contributed by atoms with Crippen molar-refractivity contribution in [3.8, 4) is 0 Å². The molecule has 176 valence electrons. The van der Waals surface area contributed by atoms with Crippen LogP contribution in [0.15, 0.2) is 52.4 Å². The molecule has 3 rings (SSSR count). The van der Waals surface area contributed by atoms with Crippen molar-refractivity contribution in [3.05, 3.63) is 63.4 Å². The van der Waals surface area contributed by atoms with E-state index in [1.807, 2.05) is 0 Å². The van der Waals surface area contributed by atoms with Crippen molar-refractivity contribution in [2.75, 3.05) is 19.0 Å². The summed E-state index contributed by atoms with van der Waals surface area (Å²) in [7, 11) is 1.51. The minimum absolute atomic E-state index is 0.0409. The third kappa shape index (κ3) is 5.69. The maximum atomic E-state index is 13.1. The zero-order valence-corrected chi connectivity index (χ0v) is 19.5. The number of fused-ring (bicyclic) bond motifs is 1. The van der Waals surface area contributed by atoms with Crippen LogP contribution >= 0.6 is 23.4 Å². The average molecular weight is 500 g/mol. The molecule has 2 aromatic carbocycles. The lowest BCUT2D eigenvalue weighted by Crippen LogP contribution is -2.30. The number of halogens is 4. The highest BCUT2D eigenvalue weighted by Crippen LogP contribution is 2.36. The lowest BCUT2D eigenvalue weighted by Gasteiger charge is -2.20. The Bertz CT molecular complexity index is 1230. The van der Waals surface area contributed by atoms with Crippen LogP contribution in [0.1, 0.15) is 25.5 Å². The van der Waals surface area contributed by atoms with Crippen LogP contribution in [0.2, 0.25) is 5.02 Å². The minimum Gasteiger partial charge on any atom is -0.383 e. The van der Waals surface area contributed by atoms with Crippen LogP contribution in [0.3, 0.4) is 0 Å². The van der Waals surface area contributed by atoms with Gasteiger partial charge in [0.05, 0.1) is 39.4 Å². The number of methoxy groups -OCH3 is 1. The molecule has 0 aliphatic carbocycles. The highest BCUT2D eigenvalue weighted by molar-refractivity contribution is 8.00. The number of anilines is 1. The van der Waals surface area contributed by atoms with Crippen molar-refractivity contribution in [2.24, 2.45) is 0 Å². The Labute approximate surface area is 197 Å². The van der Waals surface area contributed by atoms with Gasteiger partial charge in [0.1, 0.15) is 0 Å². The molecule has 2 atom stereocenters. The summed E-state index contributed by atoms with van der Waals surface area (Å²) in [6.45, 7) is 3.62. The molecule has 0 fully saturated rings. The summed E-state index contributed by atoms with van der Waals surface area (Å²) in [5, 5.41) is 1.97. The second-order valence-electron chi connectivity index (χ2n) is 7.33. The number of hydrogen-bond donors (Lipinski definition) is 1. The number of alkyl halides is 3. The monoisotopic (exact) mass is 499 g/mol. The Hall–Kier alpha value is -2.56. The zero-order chi connectivity index (χ0) is 24.3. The summed E-state index contributed by atoms with van der Waals surface area (Å²) in [6.07, 6.45) is -4.65. The van der Waals surface area contributed by atoms with Crippen LogP contribution in [0.5, 0.6) is 0 Å². The van der Waals surface area contributed by atoms with Crippen molar-refractivity contribution in [1.29, 1.82) is 0 Å². The smallest absolute Gasteiger partial charge is 0.383 e. The van der Waals surface area contributed by atoms with Crippen LogP contribution < -0.4 is 10.9 Å². The number of amides is 1. The first-order chi connectivity index (χ1) is 15.5. The van der Waals surface area contributed by atoms with Crippen molar-refractivity contribution in [2.45, 2.75) is 36.5 Å². The molecule has 3 aromatic rings. The normalized spacial score (nSPS) is 13.7. The predicted molar refractivity (Wildman–Crippen MR) is 123 cm³/mol. The van der Waals surface area contributed by atoms with E-state index in [1.54, 1.807) is 38.1 Å². The Morgan fingerprint density at radius 2 is 1.94 bits per heavy atom. The first-order valence-electron chi connectivity index (χ1n) is 9.87. The Morgan fingerprint density at radius 3 is 2.61 bits per heavy atom. The molecule has 1 aromatic heterocycles. The fourth-order valence-corrected chi connectivity index (χ4v) is 4.42. The largest absolute Gasteiger partial charge is 0.417 e. The molecule has 0 saturated heterocycles. The maximum absolute atomic E-state index is 13.1. The number of aromatic nitrogens is 2. The number of hydrogen-bond acceptors (Lipinski definition) is 5. The number of ether oxygens (including phenoxy) is 1. The molecule has 0 saturated carbocycles. The maximum Gasteiger partial charge on any atom is 0.417 e. The second-order valence-corrected chi connectivity index (χ2v) is 9.05. The van der Waals surface area contributed by atoms with Gasteiger partial charge in [-0.1, -0.05) is 35.5 Å². The highest BCUT2D eigenvalue weighted by atomic mass is 35.5. The number of benzene rings is 2. The van der Waals surface area contributed by atoms with Gasteiger partial charge in [0.15, 0.2) is 5.16 Å². The molecule has 0 bridgehead atoms. The van der Waals surface area contributed by atoms with Gasteiger partial charge < -0.3 is 10.1 Å². The first-order valence-corrected chi connectivity index (χ1v) is 11.1. The van der Waals surface area contributed by atoms with E-state index in [0.717, 1.165) is 23.9 Å². The van der Waals surface area contributed by atoms with Crippen molar-refractivity contribution >= 4 is 45.9 Å². The average Bonchev–Trinajstić information content (AvgIpc) is 2.74. The Kier molecular flexibility index (Phi) is 7.71. The lowest BCUT2D eigenvalue weighted by atomic mass is 10.2. The van der Waals surface area contributed by atoms with E-state index >= 15 is 0 Å². The van der Waals surface area contributed by atoms with Gasteiger partial charge in [-0.15, -0.1) is 0 Å². The highest BCUT2D eigenvalue weighted by Gasteiger charge is 2.33. The summed E-state index contributed by atoms with van der Waals surface area (Å²) < 4.78 is 46.0. The van der Waals surface area contributed by atoms with Crippen LogP contribution in [-0.2, 0) is 15.7 Å². The third-order valence-corrected chi connectivity index (χ3v) is 6.21. The number of nitrogens with one attached hydrogen (secondary N) is 1. The molecule has 6 nitrogen and oxygen atoms in total. The molecule has 1 heterocycles. The van der Waals surface area contributed by atoms with E-state index < -0.39 is 27.9 Å². The fourth-order valence-electron chi connectivity index (χ4n) is 3.19. The van der Waals surface area contributed by atoms with E-state index in [4.69, 9.17) is 16.3 Å². The molecule has 1 amide bonds. The molecule has 33 heavy (non-hydrogen) atoms. The minimum atomic E-state index is -4.65. The SMILES string of the molecule is COC[C@H](C)n1c(S[C@H](C)C(=O)Nc2ccc(Cl)c(C(F)(F)F)c2)nc2ccccc2c1=O. The summed E-state index contributed by atoms with van der Waals surface area (Å²) in [5.74, 6) is -0.552. The lowest BCUT2D eigenvalue weighted by molar-refractivity contribution is -0.137. The van der Waals surface area contributed by atoms with Gasteiger partial charge in [0, 0.05) is 12.8 Å². The van der Waals surface area contributed by atoms with Crippen LogP contribution in [0.25, 0.3) is 10.9 Å². The van der Waals surface area contributed by atoms with Gasteiger partial charge >= 0.3 is 6.18 Å². The fraction of sp³-hybridized carbons (Fsp3) is 0.318. The van der Waals surface area contributed by atoms with Crippen molar-refractivity contribution in [1.82, 2.24) is 9.55 Å². The third-order valence-electron chi connectivity index (χ3n) is 4.81. The summed E-state index contributed by atoms with van der Waals surface area (Å²) in [4.78, 5) is 30.4. The summed E-state index contributed by atoms with van der Waals surface area (Å²) >= 11 is 6.66. The number of thioether (sulfide) groups is 1. The Morgan fingerprint density at radius 1 is 1.24 bits per heavy atom. The Balaban J connectivity index is 1.90. The molecule has 0 spiro atoms. The number of rotatable bonds is 7. The van der Waals surface area contributed by atoms with E-state index in [1.165, 1.54) is 17.7 Å². The summed E-state index contributed by atoms with van der Waals surface area (Å²) in [5.41, 5.74) is -0.875. The second kappa shape index (κ2) is 10.1. The van der Waals surface area contributed by atoms with Gasteiger partial charge in [-0.25, -0.2) is 4.98 Å². The number of para-hydroxylation sites is 1. The molecular weight excluding hydrogens is 479 g/mol. The van der Waals surface area contributed by atoms with Crippen LogP contribution in [0, 0.1) is 0 Å². The molecular formula is C22H21ClF3N3O3S. The van der Waals surface area contributed by atoms with Gasteiger partial charge in [0.25, 0.3) is 5.56 Å². The van der Waals surface area contributed by atoms with Crippen LogP contribution in [0.4, 0.5) is 18.9 Å². The molecule has 0 aliphatic rings. The topological polar surface area (TPSA) is 73.2 Å². The van der Waals surface area contributed by atoms with Crippen molar-refractivity contribution in [3.63, 3.8) is 0 Å². The number of carbonyl (C=O) groups excluding carboxylic acids is 1. The van der Waals surface area contributed by atoms with Crippen LogP contribution in [-0.4, -0.2) is 34.4 Å². The van der Waals surface area contributed by atoms with E-state index in [2.05, 4.69) is 10.3 Å². The van der Waals surface area contributed by atoms with Gasteiger partial charge in [0.2, 0.25) is 5.91 Å². The van der Waals surface area contributed by atoms with Gasteiger partial charge in [-0.3, -0.25) is 14.2 Å². The summed E-state index contributed by atoms with van der Waals surface area (Å²) in [6, 6.07) is 9.64. The van der Waals surface area contributed by atoms with Gasteiger partial charge in [-0.05, 0) is 44.2 Å². The molecule has 0 aliphatic heterocycles. The van der Waals surface area contributed by atoms with Gasteiger partial charge in [-0.2, -0.15) is 13.2 Å².